The Balaban J connectivity index is 2.02. The van der Waals surface area contributed by atoms with Crippen LogP contribution in [-0.4, -0.2) is 34.9 Å². The highest BCUT2D eigenvalue weighted by Crippen LogP contribution is 2.22. The van der Waals surface area contributed by atoms with Gasteiger partial charge in [0.1, 0.15) is 0 Å². The maximum Gasteiger partial charge on any atom is 0.327 e. The minimum atomic E-state index is -0.149. The summed E-state index contributed by atoms with van der Waals surface area (Å²) >= 11 is 1.63. The molecule has 1 aliphatic heterocycles. The van der Waals surface area contributed by atoms with Gasteiger partial charge in [-0.25, -0.2) is 4.79 Å². The lowest BCUT2D eigenvalue weighted by Crippen LogP contribution is -2.34. The average Bonchev–Trinajstić information content (AvgIpc) is 2.79. The zero-order chi connectivity index (χ0) is 14.0. The summed E-state index contributed by atoms with van der Waals surface area (Å²) in [6.45, 7) is 6.98. The van der Waals surface area contributed by atoms with Gasteiger partial charge in [0, 0.05) is 18.0 Å². The first-order valence-corrected chi connectivity index (χ1v) is 7.18. The Morgan fingerprint density at radius 1 is 1.42 bits per heavy atom. The Morgan fingerprint density at radius 3 is 2.74 bits per heavy atom. The molecular weight excluding hydrogens is 258 g/mol. The summed E-state index contributed by atoms with van der Waals surface area (Å²) in [4.78, 5) is 18.1. The molecule has 1 atom stereocenters. The van der Waals surface area contributed by atoms with Gasteiger partial charge >= 0.3 is 6.03 Å². The number of carbonyl (C=O) groups is 1. The first kappa shape index (κ1) is 13.9. The molecule has 1 aliphatic rings. The van der Waals surface area contributed by atoms with E-state index in [0.717, 1.165) is 17.4 Å². The molecule has 102 valence electrons. The van der Waals surface area contributed by atoms with Gasteiger partial charge in [0.15, 0.2) is 5.17 Å². The van der Waals surface area contributed by atoms with E-state index in [1.165, 1.54) is 11.1 Å². The minimum absolute atomic E-state index is 0.149. The molecule has 1 N–H and O–H groups in total. The number of nitrogens with one attached hydrogen (secondary N) is 1. The van der Waals surface area contributed by atoms with Crippen LogP contribution in [0.1, 0.15) is 18.1 Å². The molecule has 0 aromatic heterocycles. The maximum absolute atomic E-state index is 12.1. The van der Waals surface area contributed by atoms with Gasteiger partial charge in [-0.15, -0.1) is 0 Å². The van der Waals surface area contributed by atoms with E-state index < -0.39 is 0 Å². The van der Waals surface area contributed by atoms with E-state index >= 15 is 0 Å². The lowest BCUT2D eigenvalue weighted by atomic mass is 10.1. The summed E-state index contributed by atoms with van der Waals surface area (Å²) in [5, 5.41) is 4.13. The minimum Gasteiger partial charge on any atom is -0.307 e. The smallest absolute Gasteiger partial charge is 0.307 e. The van der Waals surface area contributed by atoms with Crippen LogP contribution in [0.25, 0.3) is 0 Å². The van der Waals surface area contributed by atoms with Crippen LogP contribution in [0, 0.1) is 13.8 Å². The molecule has 4 nitrogen and oxygen atoms in total. The number of thioether (sulfide) groups is 1. The number of nitrogens with zero attached hydrogens (tertiary/aromatic N) is 2. The number of benzene rings is 1. The number of hydrogen-bond acceptors (Lipinski definition) is 3. The summed E-state index contributed by atoms with van der Waals surface area (Å²) in [5.74, 6) is 0. The van der Waals surface area contributed by atoms with Crippen LogP contribution in [0.3, 0.4) is 0 Å². The molecule has 0 saturated heterocycles. The summed E-state index contributed by atoms with van der Waals surface area (Å²) in [7, 11) is 1.75. The van der Waals surface area contributed by atoms with Crippen molar-refractivity contribution in [1.29, 1.82) is 0 Å². The van der Waals surface area contributed by atoms with Crippen LogP contribution in [0.5, 0.6) is 0 Å². The van der Waals surface area contributed by atoms with Gasteiger partial charge in [0.2, 0.25) is 0 Å². The van der Waals surface area contributed by atoms with E-state index in [9.17, 15) is 4.79 Å². The molecule has 0 spiro atoms. The monoisotopic (exact) mass is 277 g/mol. The Morgan fingerprint density at radius 2 is 2.16 bits per heavy atom. The first-order valence-electron chi connectivity index (χ1n) is 6.30. The highest BCUT2D eigenvalue weighted by Gasteiger charge is 2.22. The lowest BCUT2D eigenvalue weighted by Gasteiger charge is -2.17. The molecule has 0 aliphatic carbocycles. The lowest BCUT2D eigenvalue weighted by molar-refractivity contribution is 0.239. The topological polar surface area (TPSA) is 44.7 Å². The van der Waals surface area contributed by atoms with Crippen molar-refractivity contribution in [2.45, 2.75) is 26.0 Å². The number of aryl methyl sites for hydroxylation is 2. The van der Waals surface area contributed by atoms with Gasteiger partial charge in [-0.2, -0.15) is 0 Å². The second kappa shape index (κ2) is 5.65. The average molecular weight is 277 g/mol. The number of aliphatic imine (C=N–C) groups is 1. The number of amidine groups is 1. The fraction of sp³-hybridized carbons (Fsp3) is 0.429. The van der Waals surface area contributed by atoms with Crippen LogP contribution < -0.4 is 5.32 Å². The molecule has 0 fully saturated rings. The maximum atomic E-state index is 12.1. The van der Waals surface area contributed by atoms with Crippen molar-refractivity contribution in [1.82, 2.24) is 4.90 Å². The van der Waals surface area contributed by atoms with Gasteiger partial charge in [0.05, 0.1) is 6.54 Å². The number of amides is 2. The van der Waals surface area contributed by atoms with Crippen LogP contribution >= 0.6 is 11.8 Å². The SMILES string of the molecule is Cc1ccc(NC(=O)N(C)C2=NC[C@H](C)S2)cc1C. The highest BCUT2D eigenvalue weighted by atomic mass is 32.2. The van der Waals surface area contributed by atoms with E-state index in [4.69, 9.17) is 0 Å². The predicted octanol–water partition coefficient (Wildman–Crippen LogP) is 3.26. The van der Waals surface area contributed by atoms with Gasteiger partial charge < -0.3 is 5.32 Å². The van der Waals surface area contributed by atoms with E-state index in [2.05, 4.69) is 24.2 Å². The van der Waals surface area contributed by atoms with Crippen molar-refractivity contribution >= 4 is 28.6 Å². The van der Waals surface area contributed by atoms with E-state index in [1.54, 1.807) is 23.7 Å². The first-order chi connectivity index (χ1) is 8.97. The van der Waals surface area contributed by atoms with Crippen LogP contribution in [-0.2, 0) is 0 Å². The van der Waals surface area contributed by atoms with Crippen molar-refractivity contribution in [3.63, 3.8) is 0 Å². The molecule has 2 rings (SSSR count). The quantitative estimate of drug-likeness (QED) is 0.856. The van der Waals surface area contributed by atoms with E-state index in [-0.39, 0.29) is 6.03 Å². The van der Waals surface area contributed by atoms with Gasteiger partial charge in [-0.05, 0) is 37.1 Å². The fourth-order valence-electron chi connectivity index (χ4n) is 1.76. The van der Waals surface area contributed by atoms with E-state index in [1.807, 2.05) is 25.1 Å². The largest absolute Gasteiger partial charge is 0.327 e. The summed E-state index contributed by atoms with van der Waals surface area (Å²) in [5.41, 5.74) is 3.20. The number of anilines is 1. The van der Waals surface area contributed by atoms with Gasteiger partial charge in [-0.3, -0.25) is 9.89 Å². The van der Waals surface area contributed by atoms with Crippen molar-refractivity contribution in [2.24, 2.45) is 4.99 Å². The van der Waals surface area contributed by atoms with E-state index in [0.29, 0.717) is 5.25 Å². The molecule has 0 saturated carbocycles. The molecule has 0 radical (unpaired) electrons. The Kier molecular flexibility index (Phi) is 4.14. The Labute approximate surface area is 118 Å². The molecule has 0 bridgehead atoms. The van der Waals surface area contributed by atoms with Crippen LogP contribution in [0.15, 0.2) is 23.2 Å². The Hall–Kier alpha value is -1.49. The second-order valence-corrected chi connectivity index (χ2v) is 6.25. The third-order valence-electron chi connectivity index (χ3n) is 3.14. The van der Waals surface area contributed by atoms with Crippen molar-refractivity contribution in [3.8, 4) is 0 Å². The highest BCUT2D eigenvalue weighted by molar-refractivity contribution is 8.14. The molecule has 1 aromatic carbocycles. The summed E-state index contributed by atoms with van der Waals surface area (Å²) in [6, 6.07) is 5.76. The predicted molar refractivity (Wildman–Crippen MR) is 82.1 cm³/mol. The summed E-state index contributed by atoms with van der Waals surface area (Å²) < 4.78 is 0. The summed E-state index contributed by atoms with van der Waals surface area (Å²) in [6.07, 6.45) is 0. The second-order valence-electron chi connectivity index (χ2n) is 4.84. The number of carbonyl (C=O) groups excluding carboxylic acids is 1. The van der Waals surface area contributed by atoms with Crippen LogP contribution in [0.2, 0.25) is 0 Å². The third-order valence-corrected chi connectivity index (χ3v) is 4.31. The number of hydrogen-bond donors (Lipinski definition) is 1. The van der Waals surface area contributed by atoms with Crippen LogP contribution in [0.4, 0.5) is 10.5 Å². The standard InChI is InChI=1S/C14H19N3OS/c1-9-5-6-12(7-10(9)2)16-13(18)17(4)14-15-8-11(3)19-14/h5-7,11H,8H2,1-4H3,(H,16,18)/t11-/m0/s1. The molecule has 1 aromatic rings. The molecular formula is C14H19N3OS. The molecule has 1 heterocycles. The van der Waals surface area contributed by atoms with Gasteiger partial charge in [0.25, 0.3) is 0 Å². The molecule has 0 unspecified atom stereocenters. The third kappa shape index (κ3) is 3.29. The number of urea groups is 1. The normalized spacial score (nSPS) is 18.1. The van der Waals surface area contributed by atoms with Crippen molar-refractivity contribution in [3.05, 3.63) is 29.3 Å². The molecule has 2 amide bonds. The number of rotatable bonds is 1. The zero-order valence-electron chi connectivity index (χ0n) is 11.7. The van der Waals surface area contributed by atoms with Crippen molar-refractivity contribution < 1.29 is 4.79 Å². The fourth-order valence-corrected chi connectivity index (χ4v) is 2.66. The van der Waals surface area contributed by atoms with Crippen molar-refractivity contribution in [2.75, 3.05) is 18.9 Å². The molecule has 5 heteroatoms. The molecule has 19 heavy (non-hydrogen) atoms. The Bertz CT molecular complexity index is 527. The van der Waals surface area contributed by atoms with Gasteiger partial charge in [-0.1, -0.05) is 24.8 Å². The zero-order valence-corrected chi connectivity index (χ0v) is 12.5.